The van der Waals surface area contributed by atoms with Crippen molar-refractivity contribution in [3.63, 3.8) is 0 Å². The van der Waals surface area contributed by atoms with E-state index >= 15 is 8.78 Å². The van der Waals surface area contributed by atoms with Gasteiger partial charge in [0.15, 0.2) is 0 Å². The highest BCUT2D eigenvalue weighted by Crippen LogP contribution is 2.37. The zero-order chi connectivity index (χ0) is 24.3. The fraction of sp³-hybridized carbons (Fsp3) is 0.417. The van der Waals surface area contributed by atoms with Crippen LogP contribution in [0.2, 0.25) is 0 Å². The fourth-order valence-electron chi connectivity index (χ4n) is 3.79. The summed E-state index contributed by atoms with van der Waals surface area (Å²) in [5, 5.41) is 22.4. The molecule has 2 aromatic carbocycles. The first-order chi connectivity index (χ1) is 15.5. The lowest BCUT2D eigenvalue weighted by molar-refractivity contribution is -0.161. The van der Waals surface area contributed by atoms with Gasteiger partial charge in [-0.05, 0) is 67.6 Å². The average Bonchev–Trinajstić information content (AvgIpc) is 2.80. The van der Waals surface area contributed by atoms with Crippen LogP contribution in [0.1, 0.15) is 59.3 Å². The fourth-order valence-corrected chi connectivity index (χ4v) is 3.79. The monoisotopic (exact) mass is 464 g/mol. The van der Waals surface area contributed by atoms with Crippen LogP contribution in [0.4, 0.5) is 18.9 Å². The minimum absolute atomic E-state index is 0.00858. The van der Waals surface area contributed by atoms with E-state index in [1.807, 2.05) is 0 Å². The lowest BCUT2D eigenvalue weighted by atomic mass is 9.92. The number of carbonyl (C=O) groups excluding carboxylic acids is 2. The Kier molecular flexibility index (Phi) is 7.44. The summed E-state index contributed by atoms with van der Waals surface area (Å²) in [6.45, 7) is 3.12. The number of alkyl halides is 2. The predicted octanol–water partition coefficient (Wildman–Crippen LogP) is 3.90. The van der Waals surface area contributed by atoms with E-state index in [0.717, 1.165) is 11.0 Å². The summed E-state index contributed by atoms with van der Waals surface area (Å²) in [6.07, 6.45) is -1.36. The number of anilines is 1. The zero-order valence-corrected chi connectivity index (χ0v) is 18.4. The molecule has 1 atom stereocenters. The Hall–Kier alpha value is -2.91. The van der Waals surface area contributed by atoms with Gasteiger partial charge in [-0.1, -0.05) is 13.0 Å². The number of hydrogen-bond donors (Lipinski definition) is 3. The molecule has 9 heteroatoms. The molecule has 1 aliphatic heterocycles. The molecule has 2 amide bonds. The van der Waals surface area contributed by atoms with E-state index < -0.39 is 41.3 Å². The Bertz CT molecular complexity index is 1040. The summed E-state index contributed by atoms with van der Waals surface area (Å²) >= 11 is 0. The number of halogens is 3. The van der Waals surface area contributed by atoms with Crippen LogP contribution in [0.3, 0.4) is 0 Å². The van der Waals surface area contributed by atoms with Crippen molar-refractivity contribution < 1.29 is 33.0 Å². The van der Waals surface area contributed by atoms with Gasteiger partial charge in [0.05, 0.1) is 12.2 Å². The molecule has 0 aliphatic carbocycles. The molecule has 0 bridgehead atoms. The van der Waals surface area contributed by atoms with Crippen LogP contribution in [0.5, 0.6) is 0 Å². The van der Waals surface area contributed by atoms with Crippen LogP contribution < -0.4 is 5.32 Å². The average molecular weight is 464 g/mol. The van der Waals surface area contributed by atoms with E-state index in [4.69, 9.17) is 0 Å². The Morgan fingerprint density at radius 1 is 1.18 bits per heavy atom. The first kappa shape index (κ1) is 24.7. The molecule has 3 rings (SSSR count). The molecule has 178 valence electrons. The number of carbonyl (C=O) groups is 2. The van der Waals surface area contributed by atoms with Crippen molar-refractivity contribution in [2.24, 2.45) is 0 Å². The maximum atomic E-state index is 15.4. The van der Waals surface area contributed by atoms with Crippen LogP contribution >= 0.6 is 0 Å². The number of piperidine rings is 1. The highest BCUT2D eigenvalue weighted by molar-refractivity contribution is 6.04. The summed E-state index contributed by atoms with van der Waals surface area (Å²) in [6, 6.07) is 7.36. The number of rotatable bonds is 6. The van der Waals surface area contributed by atoms with Gasteiger partial charge < -0.3 is 20.4 Å². The normalized spacial score (nSPS) is 15.9. The molecule has 1 saturated heterocycles. The number of nitrogens with one attached hydrogen (secondary N) is 1. The van der Waals surface area contributed by atoms with E-state index in [0.29, 0.717) is 5.56 Å². The van der Waals surface area contributed by atoms with E-state index in [1.54, 1.807) is 6.92 Å². The molecule has 0 unspecified atom stereocenters. The molecule has 1 aliphatic rings. The molecule has 3 N–H and O–H groups in total. The second-order valence-electron chi connectivity index (χ2n) is 8.24. The summed E-state index contributed by atoms with van der Waals surface area (Å²) < 4.78 is 44.3. The quantitative estimate of drug-likeness (QED) is 0.605. The lowest BCUT2D eigenvalue weighted by Gasteiger charge is -2.33. The van der Waals surface area contributed by atoms with Gasteiger partial charge in [-0.2, -0.15) is 8.78 Å². The molecule has 33 heavy (non-hydrogen) atoms. The van der Waals surface area contributed by atoms with Crippen molar-refractivity contribution in [2.45, 2.75) is 51.2 Å². The van der Waals surface area contributed by atoms with Gasteiger partial charge in [0.1, 0.15) is 5.82 Å². The van der Waals surface area contributed by atoms with Crippen molar-refractivity contribution in [3.8, 4) is 0 Å². The molecule has 1 fully saturated rings. The number of nitrogens with zero attached hydrogens (tertiary/aromatic N) is 1. The van der Waals surface area contributed by atoms with Crippen molar-refractivity contribution in [1.29, 1.82) is 0 Å². The minimum atomic E-state index is -3.99. The van der Waals surface area contributed by atoms with E-state index in [-0.39, 0.29) is 49.2 Å². The molecule has 6 nitrogen and oxygen atoms in total. The lowest BCUT2D eigenvalue weighted by Crippen LogP contribution is -2.47. The van der Waals surface area contributed by atoms with E-state index in [2.05, 4.69) is 5.32 Å². The third kappa shape index (κ3) is 5.36. The van der Waals surface area contributed by atoms with Gasteiger partial charge in [-0.15, -0.1) is 0 Å². The molecule has 1 heterocycles. The van der Waals surface area contributed by atoms with Gasteiger partial charge in [0.25, 0.3) is 11.8 Å². The standard InChI is InChI=1S/C24H27F3N2O4/c1-3-21(31)18-6-4-15(22(32)28-16-5-7-20(25)14(2)12-16)13-19(18)24(26,27)23(33)29-10-8-17(30)9-11-29/h4-7,12-13,17,21,30-31H,3,8-11H2,1-2H3,(H,28,32)/t21-/m0/s1. The maximum Gasteiger partial charge on any atom is 0.350 e. The summed E-state index contributed by atoms with van der Waals surface area (Å²) in [5.41, 5.74) is -0.426. The summed E-state index contributed by atoms with van der Waals surface area (Å²) in [5.74, 6) is -6.59. The SMILES string of the molecule is CC[C@H](O)c1ccc(C(=O)Nc2ccc(F)c(C)c2)cc1C(F)(F)C(=O)N1CCC(O)CC1. The van der Waals surface area contributed by atoms with E-state index in [1.165, 1.54) is 37.3 Å². The molecule has 0 radical (unpaired) electrons. The number of hydrogen-bond acceptors (Lipinski definition) is 4. The van der Waals surface area contributed by atoms with Gasteiger partial charge in [-0.3, -0.25) is 9.59 Å². The second-order valence-corrected chi connectivity index (χ2v) is 8.24. The Balaban J connectivity index is 1.94. The molecular formula is C24H27F3N2O4. The van der Waals surface area contributed by atoms with Crippen LogP contribution in [-0.2, 0) is 10.7 Å². The highest BCUT2D eigenvalue weighted by atomic mass is 19.3. The number of aryl methyl sites for hydroxylation is 1. The maximum absolute atomic E-state index is 15.4. The largest absolute Gasteiger partial charge is 0.393 e. The molecule has 2 aromatic rings. The van der Waals surface area contributed by atoms with Gasteiger partial charge in [-0.25, -0.2) is 4.39 Å². The third-order valence-electron chi connectivity index (χ3n) is 5.84. The Labute approximate surface area is 190 Å². The second kappa shape index (κ2) is 9.93. The van der Waals surface area contributed by atoms with Gasteiger partial charge in [0.2, 0.25) is 0 Å². The van der Waals surface area contributed by atoms with Gasteiger partial charge in [0, 0.05) is 29.9 Å². The molecule has 0 aromatic heterocycles. The third-order valence-corrected chi connectivity index (χ3v) is 5.84. The predicted molar refractivity (Wildman–Crippen MR) is 116 cm³/mol. The molecule has 0 spiro atoms. The topological polar surface area (TPSA) is 89.9 Å². The van der Waals surface area contributed by atoms with Crippen LogP contribution in [-0.4, -0.2) is 46.1 Å². The first-order valence-electron chi connectivity index (χ1n) is 10.8. The number of likely N-dealkylation sites (tertiary alicyclic amines) is 1. The zero-order valence-electron chi connectivity index (χ0n) is 18.4. The number of amides is 2. The Morgan fingerprint density at radius 2 is 1.85 bits per heavy atom. The summed E-state index contributed by atoms with van der Waals surface area (Å²) in [4.78, 5) is 26.4. The van der Waals surface area contributed by atoms with Gasteiger partial charge >= 0.3 is 5.92 Å². The number of aliphatic hydroxyl groups excluding tert-OH is 2. The van der Waals surface area contributed by atoms with Crippen LogP contribution in [0.25, 0.3) is 0 Å². The number of benzene rings is 2. The summed E-state index contributed by atoms with van der Waals surface area (Å²) in [7, 11) is 0. The Morgan fingerprint density at radius 3 is 2.45 bits per heavy atom. The van der Waals surface area contributed by atoms with Crippen LogP contribution in [0.15, 0.2) is 36.4 Å². The minimum Gasteiger partial charge on any atom is -0.393 e. The van der Waals surface area contributed by atoms with E-state index in [9.17, 15) is 24.2 Å². The van der Waals surface area contributed by atoms with Crippen molar-refractivity contribution >= 4 is 17.5 Å². The van der Waals surface area contributed by atoms with Crippen molar-refractivity contribution in [2.75, 3.05) is 18.4 Å². The smallest absolute Gasteiger partial charge is 0.350 e. The van der Waals surface area contributed by atoms with Crippen molar-refractivity contribution in [3.05, 3.63) is 64.5 Å². The van der Waals surface area contributed by atoms with Crippen LogP contribution in [0, 0.1) is 12.7 Å². The molecular weight excluding hydrogens is 437 g/mol. The molecule has 0 saturated carbocycles. The highest BCUT2D eigenvalue weighted by Gasteiger charge is 2.46. The van der Waals surface area contributed by atoms with Crippen molar-refractivity contribution in [1.82, 2.24) is 4.90 Å². The first-order valence-corrected chi connectivity index (χ1v) is 10.8. The number of aliphatic hydroxyl groups is 2.